The Morgan fingerprint density at radius 3 is 2.50 bits per heavy atom. The molecule has 9 heteroatoms. The number of carbonyl (C=O) groups excluding carboxylic acids is 2. The molecule has 1 N–H and O–H groups in total. The molecule has 2 aromatic carbocycles. The highest BCUT2D eigenvalue weighted by Gasteiger charge is 2.76. The van der Waals surface area contributed by atoms with Gasteiger partial charge in [0.05, 0.1) is 52.3 Å². The van der Waals surface area contributed by atoms with E-state index in [-0.39, 0.29) is 23.1 Å². The third-order valence-electron chi connectivity index (χ3n) is 13.3. The number of ether oxygens (including phenoxy) is 4. The van der Waals surface area contributed by atoms with Crippen molar-refractivity contribution >= 4 is 11.7 Å². The molecule has 3 aliphatic heterocycles. The summed E-state index contributed by atoms with van der Waals surface area (Å²) in [4.78, 5) is 28.6. The van der Waals surface area contributed by atoms with E-state index >= 15 is 0 Å². The molecular weight excluding hydrogens is 632 g/mol. The molecule has 2 saturated heterocycles. The van der Waals surface area contributed by atoms with Crippen LogP contribution in [0.25, 0.3) is 0 Å². The number of Topliss-reactive ketones (excluding diaryl/α,β-unsaturated/α-hetero) is 1. The third kappa shape index (κ3) is 5.49. The van der Waals surface area contributed by atoms with Gasteiger partial charge in [-0.1, -0.05) is 45.9 Å². The first-order valence-electron chi connectivity index (χ1n) is 18.8. The SMILES string of the molecule is CCC(C)c1ccc(C(=O)N(C)CCCC2(CC[N+]3(C)CC[C@]45c6c7ccc(OC)c6O[C@H]4C(=O)CC[C@@]5(O)[C@H]3C7)OCC(C)(C)CO2)cc1. The number of likely N-dealkylation sites (tertiary alicyclic amines) is 1. The second-order valence-corrected chi connectivity index (χ2v) is 17.1. The minimum Gasteiger partial charge on any atom is -0.493 e. The zero-order valence-corrected chi connectivity index (χ0v) is 31.2. The molecule has 2 unspecified atom stereocenters. The third-order valence-corrected chi connectivity index (χ3v) is 13.3. The van der Waals surface area contributed by atoms with Crippen molar-refractivity contribution in [3.63, 3.8) is 0 Å². The normalized spacial score (nSPS) is 32.1. The summed E-state index contributed by atoms with van der Waals surface area (Å²) in [6.07, 6.45) is 4.59. The van der Waals surface area contributed by atoms with Crippen molar-refractivity contribution in [3.8, 4) is 11.5 Å². The average Bonchev–Trinajstić information content (AvgIpc) is 3.48. The van der Waals surface area contributed by atoms with Gasteiger partial charge in [0.15, 0.2) is 29.2 Å². The summed E-state index contributed by atoms with van der Waals surface area (Å²) in [7, 11) is 5.77. The van der Waals surface area contributed by atoms with E-state index in [1.54, 1.807) is 12.0 Å². The van der Waals surface area contributed by atoms with Crippen molar-refractivity contribution in [2.45, 2.75) is 114 Å². The van der Waals surface area contributed by atoms with E-state index < -0.39 is 22.9 Å². The molecule has 50 heavy (non-hydrogen) atoms. The topological polar surface area (TPSA) is 94.5 Å². The Morgan fingerprint density at radius 1 is 1.10 bits per heavy atom. The van der Waals surface area contributed by atoms with Gasteiger partial charge in [-0.15, -0.1) is 0 Å². The molecule has 0 aromatic heterocycles. The van der Waals surface area contributed by atoms with Crippen LogP contribution in [0, 0.1) is 5.41 Å². The number of nitrogens with zero attached hydrogens (tertiary/aromatic N) is 2. The highest BCUT2D eigenvalue weighted by Crippen LogP contribution is 2.65. The second-order valence-electron chi connectivity index (χ2n) is 17.1. The standard InChI is InChI=1S/C41H57N2O7/c1-8-27(2)28-10-12-29(13-11-28)37(45)42(5)21-9-17-39(48-25-38(3,4)26-49-39)19-22-43(6)23-20-40-34-30-14-15-32(47-7)35(34)50-36(40)31(44)16-18-41(40,46)33(43)24-30/h10-15,27,33,36,46H,8-9,16-26H2,1-7H3/q+1/t27?,33-,36+,40+,41-,43?/m1/s1. The molecule has 3 heterocycles. The molecule has 2 aromatic rings. The highest BCUT2D eigenvalue weighted by atomic mass is 16.7. The van der Waals surface area contributed by atoms with E-state index in [1.165, 1.54) is 5.56 Å². The number of benzene rings is 2. The minimum atomic E-state index is -1.08. The Balaban J connectivity index is 1.08. The fraction of sp³-hybridized carbons (Fsp3) is 0.659. The van der Waals surface area contributed by atoms with Crippen molar-refractivity contribution in [2.24, 2.45) is 5.41 Å². The molecule has 1 amide bonds. The summed E-state index contributed by atoms with van der Waals surface area (Å²) in [5.74, 6) is 1.08. The lowest BCUT2D eigenvalue weighted by Gasteiger charge is -2.64. The van der Waals surface area contributed by atoms with Crippen LogP contribution in [0.3, 0.4) is 0 Å². The number of ketones is 1. The zero-order chi connectivity index (χ0) is 35.7. The Bertz CT molecular complexity index is 1630. The molecule has 9 nitrogen and oxygen atoms in total. The van der Waals surface area contributed by atoms with Crippen molar-refractivity contribution < 1.29 is 38.1 Å². The largest absolute Gasteiger partial charge is 0.493 e. The number of likely N-dealkylation sites (N-methyl/N-ethyl adjacent to an activating group) is 1. The van der Waals surface area contributed by atoms with Crippen LogP contribution in [0.4, 0.5) is 0 Å². The second kappa shape index (κ2) is 12.6. The molecule has 7 rings (SSSR count). The first-order valence-corrected chi connectivity index (χ1v) is 18.8. The van der Waals surface area contributed by atoms with Crippen LogP contribution in [-0.4, -0.2) is 104 Å². The van der Waals surface area contributed by atoms with Crippen LogP contribution >= 0.6 is 0 Å². The van der Waals surface area contributed by atoms with E-state index in [0.717, 1.165) is 37.1 Å². The quantitative estimate of drug-likeness (QED) is 0.299. The van der Waals surface area contributed by atoms with Gasteiger partial charge in [-0.05, 0) is 54.5 Å². The monoisotopic (exact) mass is 689 g/mol. The van der Waals surface area contributed by atoms with E-state index in [9.17, 15) is 14.7 Å². The fourth-order valence-electron chi connectivity index (χ4n) is 9.92. The molecule has 1 saturated carbocycles. The summed E-state index contributed by atoms with van der Waals surface area (Å²) in [5.41, 5.74) is 2.20. The van der Waals surface area contributed by atoms with Crippen LogP contribution in [-0.2, 0) is 26.1 Å². The Morgan fingerprint density at radius 2 is 1.82 bits per heavy atom. The number of methoxy groups -OCH3 is 1. The Labute approximate surface area is 297 Å². The first kappa shape index (κ1) is 35.4. The fourth-order valence-corrected chi connectivity index (χ4v) is 9.92. The number of hydrogen-bond acceptors (Lipinski definition) is 7. The van der Waals surface area contributed by atoms with Crippen LogP contribution < -0.4 is 9.47 Å². The number of aliphatic hydroxyl groups is 1. The number of rotatable bonds is 11. The maximum atomic E-state index is 13.4. The van der Waals surface area contributed by atoms with Gasteiger partial charge in [0, 0.05) is 55.8 Å². The van der Waals surface area contributed by atoms with Crippen LogP contribution in [0.1, 0.15) is 106 Å². The van der Waals surface area contributed by atoms with Crippen LogP contribution in [0.5, 0.6) is 11.5 Å². The summed E-state index contributed by atoms with van der Waals surface area (Å²) in [6.45, 7) is 12.1. The average molecular weight is 690 g/mol. The number of piperidine rings is 1. The molecular formula is C41H57N2O7+. The number of amides is 1. The van der Waals surface area contributed by atoms with Gasteiger partial charge < -0.3 is 33.4 Å². The maximum absolute atomic E-state index is 13.4. The molecule has 0 radical (unpaired) electrons. The van der Waals surface area contributed by atoms with Crippen molar-refractivity contribution in [1.82, 2.24) is 4.90 Å². The lowest BCUT2D eigenvalue weighted by Crippen LogP contribution is -2.81. The Hall–Kier alpha value is -2.98. The van der Waals surface area contributed by atoms with Gasteiger partial charge in [-0.2, -0.15) is 0 Å². The number of carbonyl (C=O) groups is 2. The summed E-state index contributed by atoms with van der Waals surface area (Å²) < 4.78 is 26.1. The smallest absolute Gasteiger partial charge is 0.253 e. The zero-order valence-electron chi connectivity index (χ0n) is 31.2. The van der Waals surface area contributed by atoms with E-state index in [4.69, 9.17) is 18.9 Å². The molecule has 5 aliphatic rings. The Kier molecular flexibility index (Phi) is 8.93. The van der Waals surface area contributed by atoms with Crippen molar-refractivity contribution in [2.75, 3.05) is 54.1 Å². The molecule has 2 bridgehead atoms. The van der Waals surface area contributed by atoms with Gasteiger partial charge in [0.1, 0.15) is 11.6 Å². The lowest BCUT2D eigenvalue weighted by atomic mass is 9.48. The van der Waals surface area contributed by atoms with E-state index in [1.807, 2.05) is 25.2 Å². The number of hydrogen-bond donors (Lipinski definition) is 1. The molecule has 1 spiro atoms. The van der Waals surface area contributed by atoms with Gasteiger partial charge in [0.2, 0.25) is 0 Å². The van der Waals surface area contributed by atoms with E-state index in [2.05, 4.69) is 52.9 Å². The van der Waals surface area contributed by atoms with Gasteiger partial charge in [-0.3, -0.25) is 9.59 Å². The minimum absolute atomic E-state index is 0.0217. The van der Waals surface area contributed by atoms with Gasteiger partial charge >= 0.3 is 0 Å². The van der Waals surface area contributed by atoms with Crippen LogP contribution in [0.2, 0.25) is 0 Å². The molecule has 6 atom stereocenters. The molecule has 3 fully saturated rings. The summed E-state index contributed by atoms with van der Waals surface area (Å²) >= 11 is 0. The van der Waals surface area contributed by atoms with E-state index in [0.29, 0.717) is 85.7 Å². The van der Waals surface area contributed by atoms with Crippen LogP contribution in [0.15, 0.2) is 36.4 Å². The highest BCUT2D eigenvalue weighted by molar-refractivity contribution is 5.94. The van der Waals surface area contributed by atoms with Crippen molar-refractivity contribution in [3.05, 3.63) is 58.7 Å². The number of quaternary nitrogens is 1. The summed E-state index contributed by atoms with van der Waals surface area (Å²) in [6, 6.07) is 12.0. The van der Waals surface area contributed by atoms with Crippen molar-refractivity contribution in [1.29, 1.82) is 0 Å². The predicted molar refractivity (Wildman–Crippen MR) is 191 cm³/mol. The maximum Gasteiger partial charge on any atom is 0.253 e. The van der Waals surface area contributed by atoms with Gasteiger partial charge in [-0.25, -0.2) is 0 Å². The first-order chi connectivity index (χ1) is 23.7. The predicted octanol–water partition coefficient (Wildman–Crippen LogP) is 5.79. The van der Waals surface area contributed by atoms with Gasteiger partial charge in [0.25, 0.3) is 5.91 Å². The lowest BCUT2D eigenvalue weighted by molar-refractivity contribution is -0.950. The molecule has 272 valence electrons. The molecule has 2 aliphatic carbocycles. The summed E-state index contributed by atoms with van der Waals surface area (Å²) in [5, 5.41) is 12.9.